The van der Waals surface area contributed by atoms with Gasteiger partial charge in [0.05, 0.1) is 5.69 Å². The fourth-order valence-corrected chi connectivity index (χ4v) is 7.08. The Bertz CT molecular complexity index is 2650. The lowest BCUT2D eigenvalue weighted by Crippen LogP contribution is -2.57. The van der Waals surface area contributed by atoms with E-state index < -0.39 is 0 Å². The Morgan fingerprint density at radius 1 is 0.412 bits per heavy atom. The Morgan fingerprint density at radius 3 is 1.65 bits per heavy atom. The van der Waals surface area contributed by atoms with Crippen molar-refractivity contribution in [1.29, 1.82) is 0 Å². The van der Waals surface area contributed by atoms with E-state index in [1.54, 1.807) is 0 Å². The molecule has 0 spiro atoms. The first-order chi connectivity index (χ1) is 24.6. The lowest BCUT2D eigenvalue weighted by Gasteiger charge is -2.35. The molecule has 0 bridgehead atoms. The lowest BCUT2D eigenvalue weighted by molar-refractivity contribution is 0.673. The first-order valence-electron chi connectivity index (χ1n) is 16.1. The van der Waals surface area contributed by atoms with Crippen LogP contribution < -0.4 is 54.1 Å². The minimum atomic E-state index is 0.0468. The maximum Gasteiger partial charge on any atom is 0.143 e. The van der Waals surface area contributed by atoms with Crippen LogP contribution >= 0.6 is 0 Å². The van der Waals surface area contributed by atoms with Crippen molar-refractivity contribution in [3.63, 3.8) is 0 Å². The average Bonchev–Trinajstić information content (AvgIpc) is 3.55. The molecule has 8 rings (SSSR count). The van der Waals surface area contributed by atoms with Gasteiger partial charge in [-0.2, -0.15) is 0 Å². The van der Waals surface area contributed by atoms with Crippen LogP contribution in [0.1, 0.15) is 0 Å². The number of nitrogens with zero attached hydrogens (tertiary/aromatic N) is 1. The lowest BCUT2D eigenvalue weighted by atomic mass is 9.56. The molecule has 0 unspecified atom stereocenters. The van der Waals surface area contributed by atoms with Crippen LogP contribution in [0.15, 0.2) is 114 Å². The van der Waals surface area contributed by atoms with Gasteiger partial charge >= 0.3 is 0 Å². The van der Waals surface area contributed by atoms with Gasteiger partial charge in [0.15, 0.2) is 0 Å². The molecular formula is C40H18B9NO. The highest BCUT2D eigenvalue weighted by Gasteiger charge is 2.26. The first-order valence-corrected chi connectivity index (χ1v) is 16.1. The highest BCUT2D eigenvalue weighted by Crippen LogP contribution is 2.44. The van der Waals surface area contributed by atoms with Crippen molar-refractivity contribution in [3.8, 4) is 22.3 Å². The van der Waals surface area contributed by atoms with Crippen molar-refractivity contribution in [2.75, 3.05) is 4.90 Å². The number of anilines is 3. The number of benzene rings is 7. The van der Waals surface area contributed by atoms with E-state index in [2.05, 4.69) is 36.4 Å². The molecule has 18 radical (unpaired) electrons. The number of furan rings is 1. The van der Waals surface area contributed by atoms with E-state index in [1.165, 1.54) is 0 Å². The molecular weight excluding hydrogens is 608 g/mol. The molecule has 0 atom stereocenters. The van der Waals surface area contributed by atoms with Gasteiger partial charge in [0.2, 0.25) is 0 Å². The third kappa shape index (κ3) is 5.07. The van der Waals surface area contributed by atoms with Crippen LogP contribution in [0.3, 0.4) is 0 Å². The fraction of sp³-hybridized carbons (Fsp3) is 0. The summed E-state index contributed by atoms with van der Waals surface area (Å²) in [6, 6.07) is 36.1. The predicted octanol–water partition coefficient (Wildman–Crippen LogP) is 0.687. The number of hydrogen-bond donors (Lipinski definition) is 0. The SMILES string of the molecule is [B]c1c([B])c([B])c(-c2c([B])c([B])c(N(c3ccccc3)c3ccccc3-c3cccc4oc5c6ccccc6ccc5c34)c([B])c2[B])c([B])c1[B]. The van der Waals surface area contributed by atoms with Gasteiger partial charge in [-0.15, -0.1) is 16.4 Å². The zero-order valence-corrected chi connectivity index (χ0v) is 27.4. The molecule has 8 aromatic rings. The van der Waals surface area contributed by atoms with Gasteiger partial charge in [-0.1, -0.05) is 112 Å². The molecule has 7 aromatic carbocycles. The van der Waals surface area contributed by atoms with E-state index in [4.69, 9.17) is 75.0 Å². The van der Waals surface area contributed by atoms with Crippen molar-refractivity contribution in [1.82, 2.24) is 0 Å². The van der Waals surface area contributed by atoms with E-state index in [0.29, 0.717) is 5.69 Å². The Labute approximate surface area is 309 Å². The summed E-state index contributed by atoms with van der Waals surface area (Å²) in [5.41, 5.74) is 6.44. The highest BCUT2D eigenvalue weighted by molar-refractivity contribution is 6.71. The zero-order valence-electron chi connectivity index (χ0n) is 27.4. The van der Waals surface area contributed by atoms with E-state index in [1.807, 2.05) is 77.7 Å². The maximum atomic E-state index is 6.98. The Kier molecular flexibility index (Phi) is 8.21. The summed E-state index contributed by atoms with van der Waals surface area (Å²) < 4.78 is 6.53. The topological polar surface area (TPSA) is 16.4 Å². The summed E-state index contributed by atoms with van der Waals surface area (Å²) in [5, 5.41) is 4.10. The van der Waals surface area contributed by atoms with Gasteiger partial charge in [0.25, 0.3) is 0 Å². The molecule has 0 aliphatic heterocycles. The molecule has 0 saturated heterocycles. The van der Waals surface area contributed by atoms with Crippen molar-refractivity contribution in [2.45, 2.75) is 0 Å². The zero-order chi connectivity index (χ0) is 35.7. The first kappa shape index (κ1) is 33.1. The number of para-hydroxylation sites is 2. The van der Waals surface area contributed by atoms with Gasteiger partial charge in [0, 0.05) is 33.1 Å². The monoisotopic (exact) mass is 627 g/mol. The van der Waals surface area contributed by atoms with Crippen LogP contribution in [0.5, 0.6) is 0 Å². The van der Waals surface area contributed by atoms with Gasteiger partial charge in [0.1, 0.15) is 81.8 Å². The molecule has 11 heteroatoms. The average molecular weight is 626 g/mol. The van der Waals surface area contributed by atoms with Crippen LogP contribution in [0.25, 0.3) is 55.0 Å². The van der Waals surface area contributed by atoms with Crippen LogP contribution in [-0.4, -0.2) is 70.6 Å². The van der Waals surface area contributed by atoms with Crippen LogP contribution in [0.4, 0.5) is 17.1 Å². The van der Waals surface area contributed by atoms with Crippen molar-refractivity contribution in [3.05, 3.63) is 109 Å². The predicted molar refractivity (Wildman–Crippen MR) is 225 cm³/mol. The fourth-order valence-electron chi connectivity index (χ4n) is 7.08. The molecule has 0 fully saturated rings. The third-order valence-corrected chi connectivity index (χ3v) is 9.64. The Hall–Kier alpha value is -5.02. The second-order valence-electron chi connectivity index (χ2n) is 12.5. The second-order valence-corrected chi connectivity index (χ2v) is 12.5. The minimum Gasteiger partial charge on any atom is -0.455 e. The van der Waals surface area contributed by atoms with Gasteiger partial charge < -0.3 is 9.32 Å². The Balaban J connectivity index is 1.42. The van der Waals surface area contributed by atoms with Gasteiger partial charge in [-0.3, -0.25) is 0 Å². The summed E-state index contributed by atoms with van der Waals surface area (Å²) in [6.07, 6.45) is 0. The van der Waals surface area contributed by atoms with Crippen molar-refractivity contribution < 1.29 is 4.42 Å². The van der Waals surface area contributed by atoms with E-state index in [-0.39, 0.29) is 60.3 Å². The molecule has 0 N–H and O–H groups in total. The molecule has 0 amide bonds. The van der Waals surface area contributed by atoms with Gasteiger partial charge in [-0.05, 0) is 52.4 Å². The summed E-state index contributed by atoms with van der Waals surface area (Å²) in [5.74, 6) is 0. The maximum absolute atomic E-state index is 6.98. The molecule has 1 aromatic heterocycles. The largest absolute Gasteiger partial charge is 0.455 e. The number of fused-ring (bicyclic) bond motifs is 5. The van der Waals surface area contributed by atoms with Crippen LogP contribution in [0, 0.1) is 0 Å². The van der Waals surface area contributed by atoms with Gasteiger partial charge in [-0.25, -0.2) is 0 Å². The number of hydrogen-bond acceptors (Lipinski definition) is 2. The quantitative estimate of drug-likeness (QED) is 0.262. The third-order valence-electron chi connectivity index (χ3n) is 9.64. The smallest absolute Gasteiger partial charge is 0.143 e. The summed E-state index contributed by atoms with van der Waals surface area (Å²) >= 11 is 0. The van der Waals surface area contributed by atoms with E-state index >= 15 is 0 Å². The van der Waals surface area contributed by atoms with Crippen molar-refractivity contribution >= 4 is 170 Å². The Morgan fingerprint density at radius 2 is 0.961 bits per heavy atom. The van der Waals surface area contributed by atoms with E-state index in [9.17, 15) is 0 Å². The second kappa shape index (κ2) is 12.6. The molecule has 0 saturated carbocycles. The summed E-state index contributed by atoms with van der Waals surface area (Å²) in [6.45, 7) is 0. The summed E-state index contributed by atoms with van der Waals surface area (Å²) in [7, 11) is 59.0. The standard InChI is InChI=1S/C40H18B9NO/c41-30-28(31(42)35(46)36(47)34(30)45)29-32(43)37(48)39(38(49)33(29)44)50(20-10-2-1-3-11-20)25-15-7-6-13-22(25)23-14-8-16-26-27(23)24-18-17-19-9-4-5-12-21(19)40(24)51-26/h1-18H. The molecule has 0 aliphatic carbocycles. The molecule has 0 aliphatic rings. The normalized spacial score (nSPS) is 11.5. The van der Waals surface area contributed by atoms with Crippen LogP contribution in [0.2, 0.25) is 0 Å². The minimum absolute atomic E-state index is 0.0468. The molecule has 2 nitrogen and oxygen atoms in total. The summed E-state index contributed by atoms with van der Waals surface area (Å²) in [4.78, 5) is 1.95. The van der Waals surface area contributed by atoms with Crippen LogP contribution in [-0.2, 0) is 0 Å². The molecule has 51 heavy (non-hydrogen) atoms. The number of rotatable bonds is 5. The molecule has 216 valence electrons. The molecule has 1 heterocycles. The van der Waals surface area contributed by atoms with E-state index in [0.717, 1.165) is 55.2 Å². The highest BCUT2D eigenvalue weighted by atomic mass is 16.3. The van der Waals surface area contributed by atoms with Crippen molar-refractivity contribution in [2.24, 2.45) is 0 Å².